The SMILES string of the molecule is CCOc1ccccc1N1CCN(C(=O)c2ccc(C)cc2)CC1. The van der Waals surface area contributed by atoms with Gasteiger partial charge in [-0.05, 0) is 38.1 Å². The molecule has 1 fully saturated rings. The van der Waals surface area contributed by atoms with Crippen LogP contribution in [0, 0.1) is 6.92 Å². The molecule has 1 aliphatic heterocycles. The number of para-hydroxylation sites is 2. The summed E-state index contributed by atoms with van der Waals surface area (Å²) in [5, 5.41) is 0. The first-order valence-electron chi connectivity index (χ1n) is 8.51. The largest absolute Gasteiger partial charge is 0.492 e. The van der Waals surface area contributed by atoms with Crippen LogP contribution in [-0.4, -0.2) is 43.6 Å². The first-order valence-corrected chi connectivity index (χ1v) is 8.51. The Labute approximate surface area is 143 Å². The molecule has 0 spiro atoms. The van der Waals surface area contributed by atoms with Gasteiger partial charge >= 0.3 is 0 Å². The van der Waals surface area contributed by atoms with Crippen LogP contribution < -0.4 is 9.64 Å². The van der Waals surface area contributed by atoms with Crippen LogP contribution in [0.3, 0.4) is 0 Å². The predicted octanol–water partition coefficient (Wildman–Crippen LogP) is 3.36. The monoisotopic (exact) mass is 324 g/mol. The zero-order valence-corrected chi connectivity index (χ0v) is 14.4. The van der Waals surface area contributed by atoms with Crippen molar-refractivity contribution in [2.24, 2.45) is 0 Å². The number of aryl methyl sites for hydroxylation is 1. The second-order valence-corrected chi connectivity index (χ2v) is 6.05. The number of carbonyl (C=O) groups is 1. The number of carbonyl (C=O) groups excluding carboxylic acids is 1. The van der Waals surface area contributed by atoms with Crippen LogP contribution in [0.2, 0.25) is 0 Å². The average Bonchev–Trinajstić information content (AvgIpc) is 2.63. The van der Waals surface area contributed by atoms with Gasteiger partial charge in [-0.3, -0.25) is 4.79 Å². The van der Waals surface area contributed by atoms with Crippen LogP contribution in [0.4, 0.5) is 5.69 Å². The van der Waals surface area contributed by atoms with E-state index in [1.807, 2.05) is 61.2 Å². The first-order chi connectivity index (χ1) is 11.7. The van der Waals surface area contributed by atoms with Gasteiger partial charge in [0.05, 0.1) is 12.3 Å². The fraction of sp³-hybridized carbons (Fsp3) is 0.350. The lowest BCUT2D eigenvalue weighted by Crippen LogP contribution is -2.48. The second-order valence-electron chi connectivity index (χ2n) is 6.05. The van der Waals surface area contributed by atoms with Gasteiger partial charge in [0.1, 0.15) is 5.75 Å². The number of rotatable bonds is 4. The average molecular weight is 324 g/mol. The molecular formula is C20H24N2O2. The fourth-order valence-corrected chi connectivity index (χ4v) is 3.03. The number of nitrogens with zero attached hydrogens (tertiary/aromatic N) is 2. The van der Waals surface area contributed by atoms with Gasteiger partial charge in [0.2, 0.25) is 0 Å². The Morgan fingerprint density at radius 1 is 1.00 bits per heavy atom. The third-order valence-corrected chi connectivity index (χ3v) is 4.37. The third-order valence-electron chi connectivity index (χ3n) is 4.37. The van der Waals surface area contributed by atoms with E-state index in [1.54, 1.807) is 0 Å². The highest BCUT2D eigenvalue weighted by Gasteiger charge is 2.23. The van der Waals surface area contributed by atoms with E-state index in [0.717, 1.165) is 43.2 Å². The Bertz CT molecular complexity index is 689. The second kappa shape index (κ2) is 7.39. The summed E-state index contributed by atoms with van der Waals surface area (Å²) in [5.41, 5.74) is 3.05. The van der Waals surface area contributed by atoms with Gasteiger partial charge in [0, 0.05) is 31.7 Å². The summed E-state index contributed by atoms with van der Waals surface area (Å²) >= 11 is 0. The van der Waals surface area contributed by atoms with Crippen molar-refractivity contribution in [1.82, 2.24) is 4.90 Å². The maximum Gasteiger partial charge on any atom is 0.253 e. The number of piperazine rings is 1. The molecule has 3 rings (SSSR count). The Morgan fingerprint density at radius 2 is 1.67 bits per heavy atom. The highest BCUT2D eigenvalue weighted by Crippen LogP contribution is 2.29. The topological polar surface area (TPSA) is 32.8 Å². The molecule has 1 heterocycles. The lowest BCUT2D eigenvalue weighted by atomic mass is 10.1. The van der Waals surface area contributed by atoms with Gasteiger partial charge in [-0.15, -0.1) is 0 Å². The molecule has 0 unspecified atom stereocenters. The minimum Gasteiger partial charge on any atom is -0.492 e. The van der Waals surface area contributed by atoms with Gasteiger partial charge < -0.3 is 14.5 Å². The van der Waals surface area contributed by atoms with Crippen molar-refractivity contribution >= 4 is 11.6 Å². The van der Waals surface area contributed by atoms with Gasteiger partial charge in [-0.2, -0.15) is 0 Å². The summed E-state index contributed by atoms with van der Waals surface area (Å²) < 4.78 is 5.72. The first kappa shape index (κ1) is 16.4. The molecule has 4 nitrogen and oxygen atoms in total. The summed E-state index contributed by atoms with van der Waals surface area (Å²) in [4.78, 5) is 16.8. The van der Waals surface area contributed by atoms with Crippen molar-refractivity contribution in [3.05, 3.63) is 59.7 Å². The van der Waals surface area contributed by atoms with Gasteiger partial charge in [-0.1, -0.05) is 29.8 Å². The van der Waals surface area contributed by atoms with E-state index in [1.165, 1.54) is 5.56 Å². The zero-order valence-electron chi connectivity index (χ0n) is 14.4. The maximum atomic E-state index is 12.6. The number of hydrogen-bond acceptors (Lipinski definition) is 3. The molecule has 126 valence electrons. The molecule has 24 heavy (non-hydrogen) atoms. The zero-order chi connectivity index (χ0) is 16.9. The molecule has 0 aliphatic carbocycles. The van der Waals surface area contributed by atoms with E-state index >= 15 is 0 Å². The molecule has 1 amide bonds. The van der Waals surface area contributed by atoms with Crippen molar-refractivity contribution in [3.8, 4) is 5.75 Å². The van der Waals surface area contributed by atoms with E-state index in [0.29, 0.717) is 6.61 Å². The molecule has 0 bridgehead atoms. The lowest BCUT2D eigenvalue weighted by Gasteiger charge is -2.36. The van der Waals surface area contributed by atoms with Crippen LogP contribution in [0.1, 0.15) is 22.8 Å². The van der Waals surface area contributed by atoms with Crippen molar-refractivity contribution in [1.29, 1.82) is 0 Å². The standard InChI is InChI=1S/C20H24N2O2/c1-3-24-19-7-5-4-6-18(19)21-12-14-22(15-13-21)20(23)17-10-8-16(2)9-11-17/h4-11H,3,12-15H2,1-2H3. The van der Waals surface area contributed by atoms with Crippen molar-refractivity contribution in [2.75, 3.05) is 37.7 Å². The highest BCUT2D eigenvalue weighted by molar-refractivity contribution is 5.94. The number of hydrogen-bond donors (Lipinski definition) is 0. The van der Waals surface area contributed by atoms with Crippen LogP contribution in [0.15, 0.2) is 48.5 Å². The molecule has 2 aromatic carbocycles. The molecule has 1 aliphatic rings. The molecule has 4 heteroatoms. The van der Waals surface area contributed by atoms with Crippen LogP contribution >= 0.6 is 0 Å². The molecular weight excluding hydrogens is 300 g/mol. The van der Waals surface area contributed by atoms with Crippen LogP contribution in [0.25, 0.3) is 0 Å². The summed E-state index contributed by atoms with van der Waals surface area (Å²) in [7, 11) is 0. The fourth-order valence-electron chi connectivity index (χ4n) is 3.03. The molecule has 0 aromatic heterocycles. The molecule has 0 saturated carbocycles. The summed E-state index contributed by atoms with van der Waals surface area (Å²) in [5.74, 6) is 1.03. The van der Waals surface area contributed by atoms with Gasteiger partial charge in [-0.25, -0.2) is 0 Å². The summed E-state index contributed by atoms with van der Waals surface area (Å²) in [6, 6.07) is 15.9. The number of anilines is 1. The molecule has 0 atom stereocenters. The van der Waals surface area contributed by atoms with Crippen LogP contribution in [0.5, 0.6) is 5.75 Å². The summed E-state index contributed by atoms with van der Waals surface area (Å²) in [6.45, 7) is 7.78. The van der Waals surface area contributed by atoms with Crippen LogP contribution in [-0.2, 0) is 0 Å². The van der Waals surface area contributed by atoms with E-state index in [2.05, 4.69) is 11.0 Å². The minimum absolute atomic E-state index is 0.118. The smallest absolute Gasteiger partial charge is 0.253 e. The van der Waals surface area contributed by atoms with E-state index in [-0.39, 0.29) is 5.91 Å². The lowest BCUT2D eigenvalue weighted by molar-refractivity contribution is 0.0746. The Morgan fingerprint density at radius 3 is 2.33 bits per heavy atom. The summed E-state index contributed by atoms with van der Waals surface area (Å²) in [6.07, 6.45) is 0. The molecule has 2 aromatic rings. The molecule has 0 N–H and O–H groups in total. The quantitative estimate of drug-likeness (QED) is 0.864. The molecule has 1 saturated heterocycles. The Kier molecular flexibility index (Phi) is 5.04. The predicted molar refractivity (Wildman–Crippen MR) is 96.9 cm³/mol. The number of benzene rings is 2. The van der Waals surface area contributed by atoms with E-state index in [9.17, 15) is 4.79 Å². The number of amides is 1. The van der Waals surface area contributed by atoms with Crippen molar-refractivity contribution in [3.63, 3.8) is 0 Å². The third kappa shape index (κ3) is 3.53. The van der Waals surface area contributed by atoms with Gasteiger partial charge in [0.15, 0.2) is 0 Å². The van der Waals surface area contributed by atoms with Crippen molar-refractivity contribution in [2.45, 2.75) is 13.8 Å². The van der Waals surface area contributed by atoms with E-state index in [4.69, 9.17) is 4.74 Å². The Hall–Kier alpha value is -2.49. The normalized spacial score (nSPS) is 14.6. The van der Waals surface area contributed by atoms with E-state index < -0.39 is 0 Å². The van der Waals surface area contributed by atoms with Gasteiger partial charge in [0.25, 0.3) is 5.91 Å². The minimum atomic E-state index is 0.118. The highest BCUT2D eigenvalue weighted by atomic mass is 16.5. The molecule has 0 radical (unpaired) electrons. The Balaban J connectivity index is 1.65. The number of ether oxygens (including phenoxy) is 1. The maximum absolute atomic E-state index is 12.6. The van der Waals surface area contributed by atoms with Crippen molar-refractivity contribution < 1.29 is 9.53 Å².